The molecule has 20 heavy (non-hydrogen) atoms. The predicted molar refractivity (Wildman–Crippen MR) is 82.0 cm³/mol. The molecule has 0 amide bonds. The standard InChI is InChI=1S/C18H21NO/c1-20-17-8-4-5-14(9-17)10-18(13-19)11-15-6-2-3-7-16(15)12-18/h2-9H,10-13,19H2,1H3. The van der Waals surface area contributed by atoms with E-state index in [0.717, 1.165) is 31.6 Å². The van der Waals surface area contributed by atoms with Gasteiger partial charge in [0, 0.05) is 0 Å². The van der Waals surface area contributed by atoms with Crippen molar-refractivity contribution in [3.8, 4) is 5.75 Å². The Kier molecular flexibility index (Phi) is 3.49. The second-order valence-corrected chi connectivity index (χ2v) is 5.85. The summed E-state index contributed by atoms with van der Waals surface area (Å²) in [5.74, 6) is 0.921. The molecule has 0 atom stereocenters. The van der Waals surface area contributed by atoms with Crippen molar-refractivity contribution in [2.24, 2.45) is 11.1 Å². The molecule has 0 unspecified atom stereocenters. The quantitative estimate of drug-likeness (QED) is 0.924. The highest BCUT2D eigenvalue weighted by molar-refractivity contribution is 5.37. The second-order valence-electron chi connectivity index (χ2n) is 5.85. The Balaban J connectivity index is 1.85. The number of nitrogens with two attached hydrogens (primary N) is 1. The SMILES string of the molecule is COc1cccc(CC2(CN)Cc3ccccc3C2)c1. The largest absolute Gasteiger partial charge is 0.497 e. The van der Waals surface area contributed by atoms with Gasteiger partial charge in [-0.1, -0.05) is 36.4 Å². The van der Waals surface area contributed by atoms with Crippen molar-refractivity contribution in [3.05, 3.63) is 65.2 Å². The van der Waals surface area contributed by atoms with E-state index in [-0.39, 0.29) is 5.41 Å². The molecule has 0 fully saturated rings. The van der Waals surface area contributed by atoms with E-state index in [4.69, 9.17) is 10.5 Å². The van der Waals surface area contributed by atoms with E-state index in [9.17, 15) is 0 Å². The van der Waals surface area contributed by atoms with Gasteiger partial charge in [0.1, 0.15) is 5.75 Å². The van der Waals surface area contributed by atoms with Gasteiger partial charge in [0.25, 0.3) is 0 Å². The van der Waals surface area contributed by atoms with Crippen LogP contribution in [0.1, 0.15) is 16.7 Å². The lowest BCUT2D eigenvalue weighted by Gasteiger charge is -2.27. The van der Waals surface area contributed by atoms with Gasteiger partial charge in [-0.15, -0.1) is 0 Å². The first-order valence-corrected chi connectivity index (χ1v) is 7.14. The van der Waals surface area contributed by atoms with Crippen LogP contribution in [0.15, 0.2) is 48.5 Å². The third kappa shape index (κ3) is 2.44. The van der Waals surface area contributed by atoms with Crippen LogP contribution in [0, 0.1) is 5.41 Å². The van der Waals surface area contributed by atoms with Gasteiger partial charge in [-0.3, -0.25) is 0 Å². The van der Waals surface area contributed by atoms with Gasteiger partial charge in [-0.2, -0.15) is 0 Å². The minimum Gasteiger partial charge on any atom is -0.497 e. The molecule has 2 N–H and O–H groups in total. The van der Waals surface area contributed by atoms with Crippen LogP contribution in [0.2, 0.25) is 0 Å². The van der Waals surface area contributed by atoms with Gasteiger partial charge in [0.15, 0.2) is 0 Å². The summed E-state index contributed by atoms with van der Waals surface area (Å²) in [6.45, 7) is 0.721. The molecule has 0 aliphatic heterocycles. The molecule has 0 radical (unpaired) electrons. The molecule has 2 heteroatoms. The van der Waals surface area contributed by atoms with Crippen molar-refractivity contribution in [1.82, 2.24) is 0 Å². The molecule has 0 heterocycles. The lowest BCUT2D eigenvalue weighted by molar-refractivity contribution is 0.314. The first kappa shape index (κ1) is 13.2. The minimum absolute atomic E-state index is 0.163. The highest BCUT2D eigenvalue weighted by Gasteiger charge is 2.35. The van der Waals surface area contributed by atoms with Crippen LogP contribution < -0.4 is 10.5 Å². The van der Waals surface area contributed by atoms with E-state index in [2.05, 4.69) is 42.5 Å². The van der Waals surface area contributed by atoms with E-state index in [1.807, 2.05) is 6.07 Å². The van der Waals surface area contributed by atoms with Crippen LogP contribution in [0.4, 0.5) is 0 Å². The zero-order valence-corrected chi connectivity index (χ0v) is 11.9. The average Bonchev–Trinajstić information content (AvgIpc) is 2.86. The minimum atomic E-state index is 0.163. The molecule has 3 rings (SSSR count). The van der Waals surface area contributed by atoms with Crippen molar-refractivity contribution < 1.29 is 4.74 Å². The molecule has 2 aromatic rings. The smallest absolute Gasteiger partial charge is 0.119 e. The number of hydrogen-bond donors (Lipinski definition) is 1. The molecule has 1 aliphatic carbocycles. The maximum Gasteiger partial charge on any atom is 0.119 e. The normalized spacial score (nSPS) is 15.9. The predicted octanol–water partition coefficient (Wildman–Crippen LogP) is 2.98. The lowest BCUT2D eigenvalue weighted by atomic mass is 9.79. The fraction of sp³-hybridized carbons (Fsp3) is 0.333. The molecule has 0 saturated heterocycles. The van der Waals surface area contributed by atoms with E-state index in [0.29, 0.717) is 0 Å². The van der Waals surface area contributed by atoms with Crippen molar-refractivity contribution in [3.63, 3.8) is 0 Å². The van der Waals surface area contributed by atoms with Gasteiger partial charge in [0.2, 0.25) is 0 Å². The Morgan fingerprint density at radius 2 is 1.75 bits per heavy atom. The molecule has 1 aliphatic rings. The van der Waals surface area contributed by atoms with Crippen LogP contribution in [0.3, 0.4) is 0 Å². The fourth-order valence-corrected chi connectivity index (χ4v) is 3.33. The number of rotatable bonds is 4. The Labute approximate surface area is 120 Å². The average molecular weight is 267 g/mol. The Bertz CT molecular complexity index is 581. The van der Waals surface area contributed by atoms with Gasteiger partial charge in [-0.05, 0) is 60.0 Å². The number of fused-ring (bicyclic) bond motifs is 1. The summed E-state index contributed by atoms with van der Waals surface area (Å²) < 4.78 is 5.32. The van der Waals surface area contributed by atoms with E-state index in [1.54, 1.807) is 7.11 Å². The summed E-state index contributed by atoms with van der Waals surface area (Å²) in [6, 6.07) is 17.1. The molecule has 0 spiro atoms. The summed E-state index contributed by atoms with van der Waals surface area (Å²) in [5, 5.41) is 0. The van der Waals surface area contributed by atoms with E-state index < -0.39 is 0 Å². The van der Waals surface area contributed by atoms with Gasteiger partial charge in [0.05, 0.1) is 7.11 Å². The maximum atomic E-state index is 6.14. The highest BCUT2D eigenvalue weighted by atomic mass is 16.5. The van der Waals surface area contributed by atoms with Gasteiger partial charge >= 0.3 is 0 Å². The topological polar surface area (TPSA) is 35.2 Å². The van der Waals surface area contributed by atoms with Crippen LogP contribution in [-0.2, 0) is 19.3 Å². The molecule has 2 aromatic carbocycles. The number of hydrogen-bond acceptors (Lipinski definition) is 2. The Hall–Kier alpha value is -1.80. The molecular formula is C18H21NO. The summed E-state index contributed by atoms with van der Waals surface area (Å²) in [5.41, 5.74) is 10.5. The summed E-state index contributed by atoms with van der Waals surface area (Å²) in [7, 11) is 1.71. The molecule has 0 saturated carbocycles. The Morgan fingerprint density at radius 1 is 1.05 bits per heavy atom. The molecular weight excluding hydrogens is 246 g/mol. The molecule has 0 bridgehead atoms. The molecule has 104 valence electrons. The zero-order valence-electron chi connectivity index (χ0n) is 11.9. The van der Waals surface area contributed by atoms with Crippen LogP contribution in [0.25, 0.3) is 0 Å². The van der Waals surface area contributed by atoms with Crippen LogP contribution >= 0.6 is 0 Å². The van der Waals surface area contributed by atoms with Gasteiger partial charge in [-0.25, -0.2) is 0 Å². The lowest BCUT2D eigenvalue weighted by Crippen LogP contribution is -2.33. The monoisotopic (exact) mass is 267 g/mol. The summed E-state index contributed by atoms with van der Waals surface area (Å²) >= 11 is 0. The zero-order chi connectivity index (χ0) is 14.0. The third-order valence-corrected chi connectivity index (χ3v) is 4.40. The molecule has 2 nitrogen and oxygen atoms in total. The van der Waals surface area contributed by atoms with Crippen molar-refractivity contribution >= 4 is 0 Å². The summed E-state index contributed by atoms with van der Waals surface area (Å²) in [6.07, 6.45) is 3.17. The second kappa shape index (κ2) is 5.29. The summed E-state index contributed by atoms with van der Waals surface area (Å²) in [4.78, 5) is 0. The highest BCUT2D eigenvalue weighted by Crippen LogP contribution is 2.39. The number of ether oxygens (including phenoxy) is 1. The third-order valence-electron chi connectivity index (χ3n) is 4.40. The fourth-order valence-electron chi connectivity index (χ4n) is 3.33. The first-order valence-electron chi connectivity index (χ1n) is 7.14. The Morgan fingerprint density at radius 3 is 2.35 bits per heavy atom. The number of benzene rings is 2. The first-order chi connectivity index (χ1) is 9.74. The molecule has 0 aromatic heterocycles. The van der Waals surface area contributed by atoms with Gasteiger partial charge < -0.3 is 10.5 Å². The number of methoxy groups -OCH3 is 1. The van der Waals surface area contributed by atoms with E-state index >= 15 is 0 Å². The van der Waals surface area contributed by atoms with Crippen molar-refractivity contribution in [2.45, 2.75) is 19.3 Å². The van der Waals surface area contributed by atoms with Crippen LogP contribution in [0.5, 0.6) is 5.75 Å². The van der Waals surface area contributed by atoms with Crippen LogP contribution in [-0.4, -0.2) is 13.7 Å². The van der Waals surface area contributed by atoms with Crippen molar-refractivity contribution in [1.29, 1.82) is 0 Å². The maximum absolute atomic E-state index is 6.14. The van der Waals surface area contributed by atoms with Crippen molar-refractivity contribution in [2.75, 3.05) is 13.7 Å². The van der Waals surface area contributed by atoms with E-state index in [1.165, 1.54) is 16.7 Å².